The lowest BCUT2D eigenvalue weighted by Gasteiger charge is -2.05. The zero-order chi connectivity index (χ0) is 15.0. The molecule has 2 aromatic heterocycles. The Bertz CT molecular complexity index is 770. The van der Waals surface area contributed by atoms with Crippen molar-refractivity contribution in [2.45, 2.75) is 6.92 Å². The highest BCUT2D eigenvalue weighted by Gasteiger charge is 2.19. The molecule has 0 unspecified atom stereocenters. The second-order valence-corrected chi connectivity index (χ2v) is 4.87. The monoisotopic (exact) mass is 283 g/mol. The number of nitrogen functional groups attached to an aromatic ring is 1. The lowest BCUT2D eigenvalue weighted by molar-refractivity contribution is 0.415. The van der Waals surface area contributed by atoms with E-state index in [4.69, 9.17) is 10.5 Å². The Kier molecular flexibility index (Phi) is 3.13. The maximum atomic E-state index is 6.20. The Hall–Kier alpha value is -2.76. The second-order valence-electron chi connectivity index (χ2n) is 4.87. The van der Waals surface area contributed by atoms with Crippen molar-refractivity contribution in [2.75, 3.05) is 12.8 Å². The summed E-state index contributed by atoms with van der Waals surface area (Å²) < 4.78 is 6.88. The van der Waals surface area contributed by atoms with E-state index in [0.717, 1.165) is 33.8 Å². The zero-order valence-electron chi connectivity index (χ0n) is 12.2. The smallest absolute Gasteiger partial charge is 0.129 e. The molecule has 0 spiro atoms. The summed E-state index contributed by atoms with van der Waals surface area (Å²) in [4.78, 5) is 0. The molecule has 108 valence electrons. The third-order valence-corrected chi connectivity index (χ3v) is 3.56. The minimum Gasteiger partial charge on any atom is -0.497 e. The van der Waals surface area contributed by atoms with Crippen LogP contribution in [0, 0.1) is 6.92 Å². The Morgan fingerprint density at radius 2 is 1.95 bits per heavy atom. The van der Waals surface area contributed by atoms with Crippen LogP contribution in [-0.2, 0) is 7.05 Å². The molecule has 3 aromatic rings. The molecule has 3 rings (SSSR count). The molecule has 2 heterocycles. The topological polar surface area (TPSA) is 81.8 Å². The molecule has 0 radical (unpaired) electrons. The van der Waals surface area contributed by atoms with Crippen LogP contribution < -0.4 is 10.5 Å². The summed E-state index contributed by atoms with van der Waals surface area (Å²) in [5.41, 5.74) is 10.8. The molecule has 6 heteroatoms. The molecular formula is C15H17N5O. The van der Waals surface area contributed by atoms with Crippen molar-refractivity contribution in [2.24, 2.45) is 7.05 Å². The average Bonchev–Trinajstić information content (AvgIpc) is 3.04. The van der Waals surface area contributed by atoms with Crippen LogP contribution in [0.2, 0.25) is 0 Å². The fourth-order valence-corrected chi connectivity index (χ4v) is 2.36. The number of H-pyrrole nitrogens is 1. The summed E-state index contributed by atoms with van der Waals surface area (Å²) in [5.74, 6) is 1.43. The maximum Gasteiger partial charge on any atom is 0.129 e. The number of aromatic nitrogens is 4. The molecule has 1 aromatic carbocycles. The SMILES string of the molecule is COc1ccc(-c2c(-c3cn[nH]c3C)nn(C)c2N)cc1. The van der Waals surface area contributed by atoms with Gasteiger partial charge in [0, 0.05) is 18.3 Å². The summed E-state index contributed by atoms with van der Waals surface area (Å²) in [6, 6.07) is 7.78. The lowest BCUT2D eigenvalue weighted by Crippen LogP contribution is -1.98. The fourth-order valence-electron chi connectivity index (χ4n) is 2.36. The molecule has 0 fully saturated rings. The first-order valence-electron chi connectivity index (χ1n) is 6.59. The highest BCUT2D eigenvalue weighted by atomic mass is 16.5. The number of nitrogens with one attached hydrogen (secondary N) is 1. The van der Waals surface area contributed by atoms with E-state index in [1.165, 1.54) is 0 Å². The highest BCUT2D eigenvalue weighted by Crippen LogP contribution is 2.37. The first-order chi connectivity index (χ1) is 10.1. The van der Waals surface area contributed by atoms with E-state index in [9.17, 15) is 0 Å². The van der Waals surface area contributed by atoms with Gasteiger partial charge in [-0.25, -0.2) is 0 Å². The average molecular weight is 283 g/mol. The van der Waals surface area contributed by atoms with Crippen LogP contribution in [0.15, 0.2) is 30.5 Å². The highest BCUT2D eigenvalue weighted by molar-refractivity contribution is 5.88. The van der Waals surface area contributed by atoms with Crippen LogP contribution in [0.1, 0.15) is 5.69 Å². The van der Waals surface area contributed by atoms with Gasteiger partial charge in [0.1, 0.15) is 17.3 Å². The molecule has 3 N–H and O–H groups in total. The molecule has 0 aliphatic carbocycles. The van der Waals surface area contributed by atoms with Gasteiger partial charge in [-0.3, -0.25) is 9.78 Å². The molecule has 6 nitrogen and oxygen atoms in total. The standard InChI is InChI=1S/C15H17N5O/c1-9-12(8-17-18-9)14-13(15(16)20(2)19-14)10-4-6-11(21-3)7-5-10/h4-8H,16H2,1-3H3,(H,17,18). The molecule has 0 bridgehead atoms. The normalized spacial score (nSPS) is 10.8. The quantitative estimate of drug-likeness (QED) is 0.773. The summed E-state index contributed by atoms with van der Waals surface area (Å²) in [7, 11) is 3.48. The number of nitrogens with two attached hydrogens (primary N) is 1. The van der Waals surface area contributed by atoms with Crippen molar-refractivity contribution < 1.29 is 4.74 Å². The first-order valence-corrected chi connectivity index (χ1v) is 6.59. The Morgan fingerprint density at radius 1 is 1.24 bits per heavy atom. The number of aromatic amines is 1. The van der Waals surface area contributed by atoms with E-state index in [1.807, 2.05) is 38.2 Å². The number of methoxy groups -OCH3 is 1. The van der Waals surface area contributed by atoms with E-state index >= 15 is 0 Å². The van der Waals surface area contributed by atoms with E-state index in [2.05, 4.69) is 15.3 Å². The third kappa shape index (κ3) is 2.14. The number of aryl methyl sites for hydroxylation is 2. The van der Waals surface area contributed by atoms with Gasteiger partial charge in [-0.1, -0.05) is 12.1 Å². The molecule has 0 amide bonds. The van der Waals surface area contributed by atoms with Gasteiger partial charge in [0.15, 0.2) is 0 Å². The van der Waals surface area contributed by atoms with E-state index in [1.54, 1.807) is 18.0 Å². The van der Waals surface area contributed by atoms with Gasteiger partial charge in [-0.15, -0.1) is 0 Å². The Balaban J connectivity index is 2.19. The van der Waals surface area contributed by atoms with Gasteiger partial charge in [-0.05, 0) is 24.6 Å². The van der Waals surface area contributed by atoms with Crippen LogP contribution in [0.25, 0.3) is 22.4 Å². The van der Waals surface area contributed by atoms with Gasteiger partial charge < -0.3 is 10.5 Å². The molecule has 0 saturated heterocycles. The number of hydrogen-bond acceptors (Lipinski definition) is 4. The van der Waals surface area contributed by atoms with Crippen molar-refractivity contribution in [1.82, 2.24) is 20.0 Å². The molecule has 0 aliphatic rings. The fraction of sp³-hybridized carbons (Fsp3) is 0.200. The number of hydrogen-bond donors (Lipinski definition) is 2. The minimum atomic E-state index is 0.621. The van der Waals surface area contributed by atoms with Crippen LogP contribution >= 0.6 is 0 Å². The molecule has 0 aliphatic heterocycles. The van der Waals surface area contributed by atoms with Crippen molar-refractivity contribution in [1.29, 1.82) is 0 Å². The molecule has 0 saturated carbocycles. The summed E-state index contributed by atoms with van der Waals surface area (Å²) >= 11 is 0. The number of ether oxygens (including phenoxy) is 1. The van der Waals surface area contributed by atoms with Crippen molar-refractivity contribution >= 4 is 5.82 Å². The van der Waals surface area contributed by atoms with Crippen LogP contribution in [-0.4, -0.2) is 27.1 Å². The predicted molar refractivity (Wildman–Crippen MR) is 81.9 cm³/mol. The second kappa shape index (κ2) is 4.97. The number of anilines is 1. The summed E-state index contributed by atoms with van der Waals surface area (Å²) in [6.45, 7) is 1.96. The Labute approximate surface area is 122 Å². The van der Waals surface area contributed by atoms with Gasteiger partial charge in [-0.2, -0.15) is 10.2 Å². The number of rotatable bonds is 3. The zero-order valence-corrected chi connectivity index (χ0v) is 12.2. The number of benzene rings is 1. The Morgan fingerprint density at radius 3 is 2.52 bits per heavy atom. The van der Waals surface area contributed by atoms with Crippen LogP contribution in [0.5, 0.6) is 5.75 Å². The lowest BCUT2D eigenvalue weighted by atomic mass is 10.0. The summed E-state index contributed by atoms with van der Waals surface area (Å²) in [5, 5.41) is 11.5. The summed E-state index contributed by atoms with van der Waals surface area (Å²) in [6.07, 6.45) is 1.77. The molecule has 21 heavy (non-hydrogen) atoms. The van der Waals surface area contributed by atoms with Crippen LogP contribution in [0.3, 0.4) is 0 Å². The minimum absolute atomic E-state index is 0.621. The van der Waals surface area contributed by atoms with Gasteiger partial charge in [0.2, 0.25) is 0 Å². The van der Waals surface area contributed by atoms with Gasteiger partial charge in [0.05, 0.1) is 18.9 Å². The van der Waals surface area contributed by atoms with Gasteiger partial charge >= 0.3 is 0 Å². The van der Waals surface area contributed by atoms with Crippen molar-refractivity contribution in [3.8, 4) is 28.1 Å². The largest absolute Gasteiger partial charge is 0.497 e. The third-order valence-electron chi connectivity index (χ3n) is 3.56. The molecule has 0 atom stereocenters. The maximum absolute atomic E-state index is 6.20. The number of nitrogens with zero attached hydrogens (tertiary/aromatic N) is 3. The van der Waals surface area contributed by atoms with Gasteiger partial charge in [0.25, 0.3) is 0 Å². The van der Waals surface area contributed by atoms with E-state index in [0.29, 0.717) is 5.82 Å². The van der Waals surface area contributed by atoms with E-state index < -0.39 is 0 Å². The predicted octanol–water partition coefficient (Wildman–Crippen LogP) is 2.38. The molecular weight excluding hydrogens is 266 g/mol. The van der Waals surface area contributed by atoms with Crippen molar-refractivity contribution in [3.63, 3.8) is 0 Å². The van der Waals surface area contributed by atoms with E-state index in [-0.39, 0.29) is 0 Å². The van der Waals surface area contributed by atoms with Crippen LogP contribution in [0.4, 0.5) is 5.82 Å². The van der Waals surface area contributed by atoms with Crippen molar-refractivity contribution in [3.05, 3.63) is 36.2 Å². The first kappa shape index (κ1) is 13.2.